The average molecular weight is 463 g/mol. The van der Waals surface area contributed by atoms with Crippen LogP contribution in [0.2, 0.25) is 0 Å². The van der Waals surface area contributed by atoms with Crippen molar-refractivity contribution in [3.63, 3.8) is 0 Å². The molecule has 1 fully saturated rings. The number of aryl methyl sites for hydroxylation is 1. The van der Waals surface area contributed by atoms with E-state index in [9.17, 15) is 14.7 Å². The van der Waals surface area contributed by atoms with Gasteiger partial charge in [-0.15, -0.1) is 0 Å². The van der Waals surface area contributed by atoms with E-state index in [0.717, 1.165) is 16.5 Å². The lowest BCUT2D eigenvalue weighted by atomic mass is 9.96. The van der Waals surface area contributed by atoms with E-state index in [1.54, 1.807) is 48.8 Å². The second-order valence-electron chi connectivity index (χ2n) is 6.98. The second-order valence-corrected chi connectivity index (χ2v) is 7.89. The zero-order valence-electron chi connectivity index (χ0n) is 16.2. The molecule has 3 aromatic rings. The van der Waals surface area contributed by atoms with Crippen molar-refractivity contribution in [2.75, 3.05) is 4.90 Å². The molecule has 2 heterocycles. The molecule has 6 heteroatoms. The monoisotopic (exact) mass is 462 g/mol. The molecular weight excluding hydrogens is 444 g/mol. The Morgan fingerprint density at radius 2 is 1.63 bits per heavy atom. The van der Waals surface area contributed by atoms with Crippen LogP contribution in [0.4, 0.5) is 5.69 Å². The van der Waals surface area contributed by atoms with Gasteiger partial charge in [0.2, 0.25) is 0 Å². The van der Waals surface area contributed by atoms with Crippen molar-refractivity contribution >= 4 is 39.1 Å². The van der Waals surface area contributed by atoms with Crippen LogP contribution in [0.5, 0.6) is 0 Å². The average Bonchev–Trinajstić information content (AvgIpc) is 3.05. The van der Waals surface area contributed by atoms with Gasteiger partial charge in [-0.3, -0.25) is 19.5 Å². The van der Waals surface area contributed by atoms with Gasteiger partial charge in [0, 0.05) is 28.1 Å². The van der Waals surface area contributed by atoms with Crippen molar-refractivity contribution in [2.45, 2.75) is 19.4 Å². The van der Waals surface area contributed by atoms with Crippen molar-refractivity contribution in [2.24, 2.45) is 0 Å². The fraction of sp³-hybridized carbons (Fsp3) is 0.125. The first-order valence-corrected chi connectivity index (χ1v) is 10.4. The number of benzene rings is 2. The molecule has 30 heavy (non-hydrogen) atoms. The lowest BCUT2D eigenvalue weighted by Crippen LogP contribution is -2.29. The van der Waals surface area contributed by atoms with Crippen LogP contribution in [0, 0.1) is 0 Å². The molecule has 2 aromatic carbocycles. The van der Waals surface area contributed by atoms with Gasteiger partial charge in [0.25, 0.3) is 11.7 Å². The van der Waals surface area contributed by atoms with Crippen LogP contribution in [0.15, 0.2) is 83.1 Å². The predicted molar refractivity (Wildman–Crippen MR) is 119 cm³/mol. The molecule has 1 amide bonds. The Bertz CT molecular complexity index is 1120. The number of Topliss-reactive ketones (excluding diaryl/α,β-unsaturated/α-hetero) is 1. The Balaban J connectivity index is 1.90. The third kappa shape index (κ3) is 3.55. The number of carbonyl (C=O) groups is 2. The van der Waals surface area contributed by atoms with Gasteiger partial charge < -0.3 is 5.11 Å². The van der Waals surface area contributed by atoms with Gasteiger partial charge in [-0.25, -0.2) is 0 Å². The predicted octanol–water partition coefficient (Wildman–Crippen LogP) is 5.03. The fourth-order valence-electron chi connectivity index (χ4n) is 3.62. The summed E-state index contributed by atoms with van der Waals surface area (Å²) in [5, 5.41) is 11.0. The highest BCUT2D eigenvalue weighted by molar-refractivity contribution is 9.10. The number of aliphatic hydroxyl groups excluding tert-OH is 1. The van der Waals surface area contributed by atoms with Gasteiger partial charge in [-0.05, 0) is 53.9 Å². The highest BCUT2D eigenvalue weighted by Crippen LogP contribution is 2.42. The van der Waals surface area contributed by atoms with E-state index < -0.39 is 17.7 Å². The van der Waals surface area contributed by atoms with Gasteiger partial charge in [0.1, 0.15) is 5.76 Å². The molecule has 1 aliphatic heterocycles. The van der Waals surface area contributed by atoms with E-state index in [1.807, 2.05) is 24.3 Å². The minimum Gasteiger partial charge on any atom is -0.507 e. The van der Waals surface area contributed by atoms with Crippen LogP contribution in [-0.2, 0) is 16.0 Å². The number of amides is 1. The molecule has 4 rings (SSSR count). The number of pyridine rings is 1. The van der Waals surface area contributed by atoms with E-state index in [-0.39, 0.29) is 11.3 Å². The summed E-state index contributed by atoms with van der Waals surface area (Å²) in [7, 11) is 0. The van der Waals surface area contributed by atoms with E-state index in [0.29, 0.717) is 16.8 Å². The summed E-state index contributed by atoms with van der Waals surface area (Å²) in [4.78, 5) is 31.6. The van der Waals surface area contributed by atoms with Crippen LogP contribution < -0.4 is 4.90 Å². The van der Waals surface area contributed by atoms with Gasteiger partial charge >= 0.3 is 0 Å². The molecule has 1 aromatic heterocycles. The Morgan fingerprint density at radius 1 is 1.00 bits per heavy atom. The maximum atomic E-state index is 13.1. The van der Waals surface area contributed by atoms with Gasteiger partial charge in [0.05, 0.1) is 11.6 Å². The maximum Gasteiger partial charge on any atom is 0.300 e. The van der Waals surface area contributed by atoms with Crippen molar-refractivity contribution in [1.82, 2.24) is 4.98 Å². The number of anilines is 1. The summed E-state index contributed by atoms with van der Waals surface area (Å²) in [6.07, 6.45) is 4.08. The number of rotatable bonds is 4. The second kappa shape index (κ2) is 8.24. The van der Waals surface area contributed by atoms with Crippen molar-refractivity contribution < 1.29 is 14.7 Å². The zero-order valence-corrected chi connectivity index (χ0v) is 17.8. The van der Waals surface area contributed by atoms with E-state index in [2.05, 4.69) is 27.8 Å². The molecule has 0 radical (unpaired) electrons. The van der Waals surface area contributed by atoms with Crippen LogP contribution in [0.1, 0.15) is 29.7 Å². The van der Waals surface area contributed by atoms with Gasteiger partial charge in [0.15, 0.2) is 0 Å². The third-order valence-corrected chi connectivity index (χ3v) is 5.74. The third-order valence-electron chi connectivity index (χ3n) is 5.21. The van der Waals surface area contributed by atoms with Crippen molar-refractivity contribution in [3.8, 4) is 0 Å². The Morgan fingerprint density at radius 3 is 2.23 bits per heavy atom. The highest BCUT2D eigenvalue weighted by Gasteiger charge is 2.46. The van der Waals surface area contributed by atoms with Crippen LogP contribution in [0.3, 0.4) is 0 Å². The first-order valence-electron chi connectivity index (χ1n) is 9.57. The fourth-order valence-corrected chi connectivity index (χ4v) is 3.88. The molecule has 1 saturated heterocycles. The van der Waals surface area contributed by atoms with E-state index >= 15 is 0 Å². The molecule has 1 N–H and O–H groups in total. The normalized spacial score (nSPS) is 18.1. The summed E-state index contributed by atoms with van der Waals surface area (Å²) in [5.74, 6) is -1.58. The molecule has 1 unspecified atom stereocenters. The standard InChI is InChI=1S/C24H19BrN2O3/c1-2-15-3-9-19(10-4-15)27-21(16-11-13-26-14-12-16)20(23(29)24(27)30)22(28)17-5-7-18(25)8-6-17/h3-14,21,28H,2H2,1H3/b22-20-. The molecule has 150 valence electrons. The van der Waals surface area contributed by atoms with Crippen LogP contribution in [-0.4, -0.2) is 21.8 Å². The Hall–Kier alpha value is -3.25. The Labute approximate surface area is 182 Å². The molecule has 1 atom stereocenters. The summed E-state index contributed by atoms with van der Waals surface area (Å²) >= 11 is 3.37. The number of carbonyl (C=O) groups excluding carboxylic acids is 2. The molecule has 0 saturated carbocycles. The number of aliphatic hydroxyl groups is 1. The molecule has 0 spiro atoms. The summed E-state index contributed by atoms with van der Waals surface area (Å²) < 4.78 is 0.848. The number of hydrogen-bond donors (Lipinski definition) is 1. The number of ketones is 1. The molecule has 5 nitrogen and oxygen atoms in total. The van der Waals surface area contributed by atoms with Gasteiger partial charge in [-0.1, -0.05) is 47.1 Å². The molecule has 0 bridgehead atoms. The number of nitrogens with zero attached hydrogens (tertiary/aromatic N) is 2. The topological polar surface area (TPSA) is 70.5 Å². The largest absolute Gasteiger partial charge is 0.507 e. The van der Waals surface area contributed by atoms with Crippen LogP contribution >= 0.6 is 15.9 Å². The lowest BCUT2D eigenvalue weighted by Gasteiger charge is -2.25. The number of aromatic nitrogens is 1. The molecule has 1 aliphatic rings. The van der Waals surface area contributed by atoms with E-state index in [1.165, 1.54) is 4.90 Å². The zero-order chi connectivity index (χ0) is 21.3. The summed E-state index contributed by atoms with van der Waals surface area (Å²) in [6.45, 7) is 2.05. The van der Waals surface area contributed by atoms with Crippen molar-refractivity contribution in [3.05, 3.63) is 99.8 Å². The van der Waals surface area contributed by atoms with Gasteiger partial charge in [-0.2, -0.15) is 0 Å². The smallest absolute Gasteiger partial charge is 0.300 e. The van der Waals surface area contributed by atoms with E-state index in [4.69, 9.17) is 0 Å². The Kier molecular flexibility index (Phi) is 5.50. The first-order chi connectivity index (χ1) is 14.5. The van der Waals surface area contributed by atoms with Crippen molar-refractivity contribution in [1.29, 1.82) is 0 Å². The first kappa shape index (κ1) is 20.0. The highest BCUT2D eigenvalue weighted by atomic mass is 79.9. The van der Waals surface area contributed by atoms with Crippen LogP contribution in [0.25, 0.3) is 5.76 Å². The molecule has 0 aliphatic carbocycles. The minimum atomic E-state index is -0.746. The quantitative estimate of drug-likeness (QED) is 0.335. The summed E-state index contributed by atoms with van der Waals surface area (Å²) in [6, 6.07) is 17.2. The summed E-state index contributed by atoms with van der Waals surface area (Å²) in [5.41, 5.74) is 2.96. The SMILES string of the molecule is CCc1ccc(N2C(=O)C(=O)/C(=C(\O)c3ccc(Br)cc3)C2c2ccncc2)cc1. The maximum absolute atomic E-state index is 13.1. The number of halogens is 1. The molecular formula is C24H19BrN2O3. The number of hydrogen-bond acceptors (Lipinski definition) is 4. The minimum absolute atomic E-state index is 0.0630. The lowest BCUT2D eigenvalue weighted by molar-refractivity contribution is -0.132.